The topological polar surface area (TPSA) is 191 Å². The van der Waals surface area contributed by atoms with Crippen LogP contribution in [0.3, 0.4) is 0 Å². The summed E-state index contributed by atoms with van der Waals surface area (Å²) in [5.41, 5.74) is 13.5. The number of ether oxygens (including phenoxy) is 1. The molecule has 0 fully saturated rings. The average Bonchev–Trinajstić information content (AvgIpc) is 3.45. The highest BCUT2D eigenvalue weighted by Gasteiger charge is 2.27. The number of carbonyl (C=O) groups excluding carboxylic acids is 5. The van der Waals surface area contributed by atoms with Gasteiger partial charge in [-0.15, -0.1) is 11.3 Å². The Morgan fingerprint density at radius 3 is 2.00 bits per heavy atom. The van der Waals surface area contributed by atoms with Crippen LogP contribution in [0, 0.1) is 0 Å². The molecule has 7 N–H and O–H groups in total. The molecule has 0 bridgehead atoms. The first-order valence-corrected chi connectivity index (χ1v) is 13.1. The Kier molecular flexibility index (Phi) is 10.5. The van der Waals surface area contributed by atoms with Crippen molar-refractivity contribution in [3.63, 3.8) is 0 Å². The van der Waals surface area contributed by atoms with Gasteiger partial charge in [0.1, 0.15) is 18.2 Å². The molecule has 0 aliphatic carbocycles. The van der Waals surface area contributed by atoms with Crippen molar-refractivity contribution < 1.29 is 33.8 Å². The summed E-state index contributed by atoms with van der Waals surface area (Å²) in [6.07, 6.45) is -2.09. The number of aliphatic hydroxyl groups is 1. The third-order valence-electron chi connectivity index (χ3n) is 6.04. The van der Waals surface area contributed by atoms with E-state index < -0.39 is 54.2 Å². The number of aliphatic hydroxyl groups excluding tert-OH is 1. The third-order valence-corrected chi connectivity index (χ3v) is 6.94. The molecular formula is C28H30N4O7S. The molecule has 0 spiro atoms. The number of hydrogen-bond acceptors (Lipinski definition) is 8. The van der Waals surface area contributed by atoms with Gasteiger partial charge in [0.15, 0.2) is 0 Å². The summed E-state index contributed by atoms with van der Waals surface area (Å²) in [5.74, 6) is -3.66. The van der Waals surface area contributed by atoms with Crippen LogP contribution in [-0.2, 0) is 36.8 Å². The summed E-state index contributed by atoms with van der Waals surface area (Å²) in [7, 11) is 1.31. The number of esters is 1. The second-order valence-electron chi connectivity index (χ2n) is 8.96. The fourth-order valence-electron chi connectivity index (χ4n) is 3.85. The van der Waals surface area contributed by atoms with Gasteiger partial charge in [-0.25, -0.2) is 4.79 Å². The van der Waals surface area contributed by atoms with Crippen LogP contribution in [0.4, 0.5) is 0 Å². The zero-order valence-corrected chi connectivity index (χ0v) is 22.5. The summed E-state index contributed by atoms with van der Waals surface area (Å²) >= 11 is 1.38. The number of methoxy groups -OCH3 is 1. The summed E-state index contributed by atoms with van der Waals surface area (Å²) in [6, 6.07) is 15.6. The fraction of sp³-hybridized carbons (Fsp3) is 0.250. The van der Waals surface area contributed by atoms with E-state index in [0.717, 1.165) is 21.6 Å². The molecule has 1 heterocycles. The maximum absolute atomic E-state index is 13.1. The normalized spacial score (nSPS) is 12.9. The van der Waals surface area contributed by atoms with E-state index in [2.05, 4.69) is 10.6 Å². The molecule has 0 saturated carbocycles. The van der Waals surface area contributed by atoms with Crippen molar-refractivity contribution in [3.05, 3.63) is 82.0 Å². The fourth-order valence-corrected chi connectivity index (χ4v) is 4.60. The molecule has 40 heavy (non-hydrogen) atoms. The minimum Gasteiger partial charge on any atom is -0.465 e. The molecule has 3 rings (SSSR count). The van der Waals surface area contributed by atoms with Gasteiger partial charge in [-0.2, -0.15) is 0 Å². The van der Waals surface area contributed by atoms with E-state index >= 15 is 0 Å². The molecule has 0 unspecified atom stereocenters. The van der Waals surface area contributed by atoms with Crippen molar-refractivity contribution in [2.24, 2.45) is 11.5 Å². The molecule has 2 aromatic carbocycles. The molecule has 1 aromatic heterocycles. The van der Waals surface area contributed by atoms with Crippen molar-refractivity contribution in [2.45, 2.75) is 37.5 Å². The van der Waals surface area contributed by atoms with Crippen molar-refractivity contribution in [2.75, 3.05) is 7.11 Å². The molecule has 11 nitrogen and oxygen atoms in total. The van der Waals surface area contributed by atoms with Gasteiger partial charge in [-0.05, 0) is 40.3 Å². The van der Waals surface area contributed by atoms with Gasteiger partial charge < -0.3 is 31.9 Å². The third kappa shape index (κ3) is 8.48. The Morgan fingerprint density at radius 1 is 0.850 bits per heavy atom. The number of nitrogens with one attached hydrogen (secondary N) is 2. The highest BCUT2D eigenvalue weighted by Crippen LogP contribution is 2.21. The lowest BCUT2D eigenvalue weighted by atomic mass is 9.99. The lowest BCUT2D eigenvalue weighted by molar-refractivity contribution is -0.134. The predicted octanol–water partition coefficient (Wildman–Crippen LogP) is 0.678. The maximum Gasteiger partial charge on any atom is 0.337 e. The van der Waals surface area contributed by atoms with E-state index in [9.17, 15) is 29.1 Å². The van der Waals surface area contributed by atoms with Crippen LogP contribution < -0.4 is 22.1 Å². The molecule has 0 aliphatic heterocycles. The van der Waals surface area contributed by atoms with Crippen molar-refractivity contribution in [1.29, 1.82) is 0 Å². The number of rotatable bonds is 13. The Balaban J connectivity index is 1.69. The predicted molar refractivity (Wildman–Crippen MR) is 148 cm³/mol. The van der Waals surface area contributed by atoms with Crippen molar-refractivity contribution in [1.82, 2.24) is 10.6 Å². The monoisotopic (exact) mass is 566 g/mol. The first kappa shape index (κ1) is 30.0. The molecule has 210 valence electrons. The van der Waals surface area contributed by atoms with E-state index in [1.165, 1.54) is 18.4 Å². The summed E-state index contributed by atoms with van der Waals surface area (Å²) in [6.45, 7) is 0. The van der Waals surface area contributed by atoms with E-state index in [1.807, 2.05) is 17.5 Å². The highest BCUT2D eigenvalue weighted by molar-refractivity contribution is 7.09. The van der Waals surface area contributed by atoms with Crippen molar-refractivity contribution >= 4 is 40.9 Å². The van der Waals surface area contributed by atoms with Gasteiger partial charge in [-0.1, -0.05) is 42.5 Å². The summed E-state index contributed by atoms with van der Waals surface area (Å²) in [4.78, 5) is 61.3. The number of benzene rings is 2. The van der Waals surface area contributed by atoms with Crippen LogP contribution in [0.5, 0.6) is 0 Å². The number of thiophene rings is 1. The number of carbonyl (C=O) groups is 5. The van der Waals surface area contributed by atoms with Crippen LogP contribution in [0.2, 0.25) is 0 Å². The van der Waals surface area contributed by atoms with Gasteiger partial charge in [0.05, 0.1) is 19.1 Å². The standard InChI is InChI=1S/C28H30N4O7S/c1-39-28(38)19-10-8-18(9-11-19)17-6-4-16(5-7-17)13-21(25(29)35)32-27(37)22(14-20-3-2-12-40-20)31-24(34)15-23(33)26(30)36/h2-12,21-23,33H,13-15H2,1H3,(H2,29,35)(H2,30,36)(H,31,34)(H,32,37)/t21-,22+,23+/m0/s1. The number of amides is 4. The minimum atomic E-state index is -1.70. The quantitative estimate of drug-likeness (QED) is 0.188. The van der Waals surface area contributed by atoms with Crippen LogP contribution in [0.15, 0.2) is 66.0 Å². The van der Waals surface area contributed by atoms with E-state index in [1.54, 1.807) is 48.5 Å². The summed E-state index contributed by atoms with van der Waals surface area (Å²) in [5, 5.41) is 16.5. The van der Waals surface area contributed by atoms with Gasteiger partial charge in [-0.3, -0.25) is 19.2 Å². The first-order chi connectivity index (χ1) is 19.1. The molecule has 0 saturated heterocycles. The van der Waals surface area contributed by atoms with E-state index in [0.29, 0.717) is 5.56 Å². The second-order valence-corrected chi connectivity index (χ2v) is 9.99. The van der Waals surface area contributed by atoms with Crippen LogP contribution in [-0.4, -0.2) is 60.0 Å². The Labute approximate surface area is 234 Å². The molecule has 12 heteroatoms. The van der Waals surface area contributed by atoms with Crippen LogP contribution >= 0.6 is 11.3 Å². The molecule has 0 radical (unpaired) electrons. The van der Waals surface area contributed by atoms with Gasteiger partial charge in [0.25, 0.3) is 0 Å². The van der Waals surface area contributed by atoms with Gasteiger partial charge in [0.2, 0.25) is 23.6 Å². The van der Waals surface area contributed by atoms with E-state index in [-0.39, 0.29) is 12.8 Å². The average molecular weight is 567 g/mol. The second kappa shape index (κ2) is 14.0. The molecule has 3 atom stereocenters. The number of nitrogens with two attached hydrogens (primary N) is 2. The van der Waals surface area contributed by atoms with E-state index in [4.69, 9.17) is 16.2 Å². The van der Waals surface area contributed by atoms with Crippen LogP contribution in [0.25, 0.3) is 11.1 Å². The molecule has 3 aromatic rings. The Morgan fingerprint density at radius 2 is 1.48 bits per heavy atom. The minimum absolute atomic E-state index is 0.0999. The van der Waals surface area contributed by atoms with Crippen LogP contribution in [0.1, 0.15) is 27.2 Å². The zero-order chi connectivity index (χ0) is 29.2. The van der Waals surface area contributed by atoms with Crippen molar-refractivity contribution in [3.8, 4) is 11.1 Å². The molecule has 4 amide bonds. The maximum atomic E-state index is 13.1. The highest BCUT2D eigenvalue weighted by atomic mass is 32.1. The van der Waals surface area contributed by atoms with Gasteiger partial charge >= 0.3 is 5.97 Å². The SMILES string of the molecule is COC(=O)c1ccc(-c2ccc(C[C@H](NC(=O)[C@@H](Cc3cccs3)NC(=O)C[C@@H](O)C(N)=O)C(N)=O)cc2)cc1. The Bertz CT molecular complexity index is 1340. The summed E-state index contributed by atoms with van der Waals surface area (Å²) < 4.78 is 4.71. The zero-order valence-electron chi connectivity index (χ0n) is 21.7. The largest absolute Gasteiger partial charge is 0.465 e. The molecular weight excluding hydrogens is 536 g/mol. The number of primary amides is 2. The Hall–Kier alpha value is -4.55. The number of hydrogen-bond donors (Lipinski definition) is 5. The lowest BCUT2D eigenvalue weighted by Gasteiger charge is -2.22. The smallest absolute Gasteiger partial charge is 0.337 e. The first-order valence-electron chi connectivity index (χ1n) is 12.2. The molecule has 0 aliphatic rings. The lowest BCUT2D eigenvalue weighted by Crippen LogP contribution is -2.54. The van der Waals surface area contributed by atoms with Gasteiger partial charge in [0, 0.05) is 17.7 Å².